The summed E-state index contributed by atoms with van der Waals surface area (Å²) in [5.74, 6) is 1.63. The summed E-state index contributed by atoms with van der Waals surface area (Å²) < 4.78 is 8.10. The van der Waals surface area contributed by atoms with Crippen molar-refractivity contribution in [3.63, 3.8) is 0 Å². The number of fused-ring (bicyclic) bond motifs is 1. The first-order valence-electron chi connectivity index (χ1n) is 12.0. The Kier molecular flexibility index (Phi) is 7.52. The number of nitrogens with one attached hydrogen (secondary N) is 1. The van der Waals surface area contributed by atoms with Gasteiger partial charge < -0.3 is 14.6 Å². The van der Waals surface area contributed by atoms with E-state index in [4.69, 9.17) is 4.74 Å². The highest BCUT2D eigenvalue weighted by Gasteiger charge is 2.16. The second-order valence-corrected chi connectivity index (χ2v) is 10.6. The Bertz CT molecular complexity index is 1550. The lowest BCUT2D eigenvalue weighted by atomic mass is 10.0. The van der Waals surface area contributed by atoms with Gasteiger partial charge in [0.25, 0.3) is 0 Å². The third-order valence-corrected chi connectivity index (χ3v) is 7.89. The molecular formula is C28H27N5O2S2. The van der Waals surface area contributed by atoms with Crippen LogP contribution in [0.3, 0.4) is 0 Å². The lowest BCUT2D eigenvalue weighted by Gasteiger charge is -2.12. The van der Waals surface area contributed by atoms with Crippen LogP contribution in [0.2, 0.25) is 0 Å². The third kappa shape index (κ3) is 5.52. The first-order chi connectivity index (χ1) is 18.0. The van der Waals surface area contributed by atoms with E-state index in [2.05, 4.69) is 45.6 Å². The maximum Gasteiger partial charge on any atom is 0.236 e. The Hall–Kier alpha value is -3.69. The number of thioether (sulfide) groups is 1. The van der Waals surface area contributed by atoms with E-state index in [1.54, 1.807) is 0 Å². The van der Waals surface area contributed by atoms with Crippen LogP contribution in [-0.2, 0) is 17.9 Å². The van der Waals surface area contributed by atoms with Crippen molar-refractivity contribution < 1.29 is 9.53 Å². The third-order valence-electron chi connectivity index (χ3n) is 6.04. The van der Waals surface area contributed by atoms with Crippen LogP contribution in [0.15, 0.2) is 71.9 Å². The van der Waals surface area contributed by atoms with E-state index in [1.165, 1.54) is 33.9 Å². The number of hydrogen-bond acceptors (Lipinski definition) is 7. The maximum atomic E-state index is 12.7. The minimum atomic E-state index is -0.131. The molecular weight excluding hydrogens is 502 g/mol. The topological polar surface area (TPSA) is 81.9 Å². The van der Waals surface area contributed by atoms with Crippen LogP contribution in [-0.4, -0.2) is 31.4 Å². The van der Waals surface area contributed by atoms with Gasteiger partial charge in [0.1, 0.15) is 12.4 Å². The first-order valence-corrected chi connectivity index (χ1v) is 13.8. The fourth-order valence-electron chi connectivity index (χ4n) is 4.16. The number of hydrogen-bond donors (Lipinski definition) is 1. The molecule has 5 rings (SSSR count). The molecule has 0 bridgehead atoms. The molecule has 9 heteroatoms. The number of aromatic nitrogens is 4. The van der Waals surface area contributed by atoms with Crippen molar-refractivity contribution in [3.05, 3.63) is 83.0 Å². The summed E-state index contributed by atoms with van der Waals surface area (Å²) in [6.45, 7) is 7.08. The standard InChI is InChI=1S/C28H27N5O2S2/c1-4-33-24(16-35-23-15-14-20-10-8-9-13-22(20)18(23)2)31-32-28(33)36-17-25(34)29-27-30-26(19(3)37-27)21-11-6-5-7-12-21/h5-15H,4,16-17H2,1-3H3,(H,29,30,34). The van der Waals surface area contributed by atoms with Crippen LogP contribution >= 0.6 is 23.1 Å². The highest BCUT2D eigenvalue weighted by atomic mass is 32.2. The van der Waals surface area contributed by atoms with E-state index in [-0.39, 0.29) is 11.7 Å². The summed E-state index contributed by atoms with van der Waals surface area (Å²) in [6, 6.07) is 22.3. The van der Waals surface area contributed by atoms with Crippen LogP contribution in [0.4, 0.5) is 5.13 Å². The van der Waals surface area contributed by atoms with Crippen molar-refractivity contribution >= 4 is 44.9 Å². The Morgan fingerprint density at radius 3 is 2.62 bits per heavy atom. The van der Waals surface area contributed by atoms with E-state index in [0.29, 0.717) is 23.4 Å². The Balaban J connectivity index is 1.21. The van der Waals surface area contributed by atoms with Crippen LogP contribution in [0.1, 0.15) is 23.2 Å². The van der Waals surface area contributed by atoms with Crippen LogP contribution < -0.4 is 10.1 Å². The molecule has 3 aromatic carbocycles. The summed E-state index contributed by atoms with van der Waals surface area (Å²) in [5, 5.41) is 15.2. The van der Waals surface area contributed by atoms with Crippen LogP contribution in [0.25, 0.3) is 22.0 Å². The van der Waals surface area contributed by atoms with Gasteiger partial charge in [0.05, 0.1) is 11.4 Å². The molecule has 0 aliphatic rings. The second kappa shape index (κ2) is 11.1. The zero-order valence-electron chi connectivity index (χ0n) is 20.9. The average Bonchev–Trinajstić information content (AvgIpc) is 3.49. The largest absolute Gasteiger partial charge is 0.485 e. The highest BCUT2D eigenvalue weighted by molar-refractivity contribution is 7.99. The molecule has 1 amide bonds. The number of benzene rings is 3. The molecule has 0 fully saturated rings. The van der Waals surface area contributed by atoms with Gasteiger partial charge in [-0.25, -0.2) is 4.98 Å². The van der Waals surface area contributed by atoms with Crippen molar-refractivity contribution in [1.82, 2.24) is 19.7 Å². The second-order valence-electron chi connectivity index (χ2n) is 8.47. The molecule has 7 nitrogen and oxygen atoms in total. The molecule has 1 N–H and O–H groups in total. The molecule has 0 aliphatic heterocycles. The smallest absolute Gasteiger partial charge is 0.236 e. The predicted molar refractivity (Wildman–Crippen MR) is 150 cm³/mol. The zero-order valence-corrected chi connectivity index (χ0v) is 22.5. The quantitative estimate of drug-likeness (QED) is 0.220. The van der Waals surface area contributed by atoms with Crippen molar-refractivity contribution in [2.75, 3.05) is 11.1 Å². The number of carbonyl (C=O) groups excluding carboxylic acids is 1. The molecule has 0 atom stereocenters. The summed E-state index contributed by atoms with van der Waals surface area (Å²) in [6.07, 6.45) is 0. The number of carbonyl (C=O) groups is 1. The first kappa shape index (κ1) is 25.0. The number of nitrogens with zero attached hydrogens (tertiary/aromatic N) is 4. The molecule has 2 aromatic heterocycles. The lowest BCUT2D eigenvalue weighted by Crippen LogP contribution is -2.14. The highest BCUT2D eigenvalue weighted by Crippen LogP contribution is 2.31. The van der Waals surface area contributed by atoms with Gasteiger partial charge in [0, 0.05) is 17.0 Å². The number of rotatable bonds is 9. The SMILES string of the molecule is CCn1c(COc2ccc3ccccc3c2C)nnc1SCC(=O)Nc1nc(-c2ccccc2)c(C)s1. The van der Waals surface area contributed by atoms with Gasteiger partial charge >= 0.3 is 0 Å². The molecule has 0 saturated heterocycles. The Morgan fingerprint density at radius 1 is 1.03 bits per heavy atom. The monoisotopic (exact) mass is 529 g/mol. The molecule has 2 heterocycles. The van der Waals surface area contributed by atoms with Crippen molar-refractivity contribution in [1.29, 1.82) is 0 Å². The van der Waals surface area contributed by atoms with E-state index >= 15 is 0 Å². The molecule has 0 radical (unpaired) electrons. The number of anilines is 1. The van der Waals surface area contributed by atoms with Gasteiger partial charge in [-0.05, 0) is 43.2 Å². The minimum absolute atomic E-state index is 0.131. The molecule has 188 valence electrons. The minimum Gasteiger partial charge on any atom is -0.485 e. The van der Waals surface area contributed by atoms with E-state index in [0.717, 1.165) is 33.3 Å². The molecule has 37 heavy (non-hydrogen) atoms. The summed E-state index contributed by atoms with van der Waals surface area (Å²) in [7, 11) is 0. The van der Waals surface area contributed by atoms with Crippen molar-refractivity contribution in [2.45, 2.75) is 39.1 Å². The van der Waals surface area contributed by atoms with Gasteiger partial charge in [-0.15, -0.1) is 21.5 Å². The van der Waals surface area contributed by atoms with E-state index in [9.17, 15) is 4.79 Å². The van der Waals surface area contributed by atoms with Gasteiger partial charge in [-0.3, -0.25) is 4.79 Å². The number of aryl methyl sites for hydroxylation is 2. The number of thiazole rings is 1. The molecule has 0 unspecified atom stereocenters. The summed E-state index contributed by atoms with van der Waals surface area (Å²) in [4.78, 5) is 18.3. The number of amides is 1. The summed E-state index contributed by atoms with van der Waals surface area (Å²) in [5.41, 5.74) is 3.03. The van der Waals surface area contributed by atoms with E-state index in [1.807, 2.05) is 66.9 Å². The molecule has 0 aliphatic carbocycles. The molecule has 0 saturated carbocycles. The summed E-state index contributed by atoms with van der Waals surface area (Å²) >= 11 is 2.83. The fraction of sp³-hybridized carbons (Fsp3) is 0.214. The van der Waals surface area contributed by atoms with Gasteiger partial charge in [-0.1, -0.05) is 72.4 Å². The van der Waals surface area contributed by atoms with Crippen molar-refractivity contribution in [2.24, 2.45) is 0 Å². The van der Waals surface area contributed by atoms with Crippen molar-refractivity contribution in [3.8, 4) is 17.0 Å². The predicted octanol–water partition coefficient (Wildman–Crippen LogP) is 6.50. The Labute approximate surface area is 223 Å². The number of ether oxygens (including phenoxy) is 1. The van der Waals surface area contributed by atoms with Gasteiger partial charge in [0.2, 0.25) is 5.91 Å². The average molecular weight is 530 g/mol. The molecule has 0 spiro atoms. The maximum absolute atomic E-state index is 12.7. The zero-order chi connectivity index (χ0) is 25.8. The van der Waals surface area contributed by atoms with Gasteiger partial charge in [-0.2, -0.15) is 0 Å². The van der Waals surface area contributed by atoms with Gasteiger partial charge in [0.15, 0.2) is 16.1 Å². The normalized spacial score (nSPS) is 11.1. The van der Waals surface area contributed by atoms with E-state index < -0.39 is 0 Å². The Morgan fingerprint density at radius 2 is 1.81 bits per heavy atom. The lowest BCUT2D eigenvalue weighted by molar-refractivity contribution is -0.113. The van der Waals surface area contributed by atoms with Crippen LogP contribution in [0, 0.1) is 13.8 Å². The fourth-order valence-corrected chi connectivity index (χ4v) is 5.83. The molecule has 5 aromatic rings. The van der Waals surface area contributed by atoms with Crippen LogP contribution in [0.5, 0.6) is 5.75 Å².